The summed E-state index contributed by atoms with van der Waals surface area (Å²) in [5.41, 5.74) is 0.393. The third kappa shape index (κ3) is 4.51. The molecule has 1 fully saturated rings. The maximum Gasteiger partial charge on any atom is 0.314 e. The molecule has 1 rings (SSSR count). The van der Waals surface area contributed by atoms with E-state index in [9.17, 15) is 4.79 Å². The molecule has 3 nitrogen and oxygen atoms in total. The number of carbonyl (C=O) groups excluding carboxylic acids is 1. The standard InChI is InChI=1S/C15H30N2O/c1-6-16-14(18)17-13-9-7-12(8-10-13)11(2)15(3,4)5/h11-13H,6-10H2,1-5H3,(H2,16,17,18)/t11?,12-,13+. The summed E-state index contributed by atoms with van der Waals surface area (Å²) in [6, 6.07) is 0.366. The lowest BCUT2D eigenvalue weighted by molar-refractivity contribution is 0.130. The van der Waals surface area contributed by atoms with Crippen molar-refractivity contribution in [2.45, 2.75) is 66.3 Å². The van der Waals surface area contributed by atoms with Gasteiger partial charge in [-0.25, -0.2) is 4.79 Å². The highest BCUT2D eigenvalue weighted by molar-refractivity contribution is 5.74. The number of amides is 2. The number of hydrogen-bond acceptors (Lipinski definition) is 1. The minimum atomic E-state index is -0.00943. The van der Waals surface area contributed by atoms with Crippen LogP contribution in [-0.4, -0.2) is 18.6 Å². The topological polar surface area (TPSA) is 41.1 Å². The van der Waals surface area contributed by atoms with E-state index >= 15 is 0 Å². The Kier molecular flexibility index (Phi) is 5.48. The number of urea groups is 1. The highest BCUT2D eigenvalue weighted by atomic mass is 16.2. The van der Waals surface area contributed by atoms with Crippen molar-refractivity contribution in [2.75, 3.05) is 6.54 Å². The van der Waals surface area contributed by atoms with Crippen molar-refractivity contribution in [1.82, 2.24) is 10.6 Å². The summed E-state index contributed by atoms with van der Waals surface area (Å²) in [4.78, 5) is 11.5. The molecule has 3 heteroatoms. The second-order valence-electron chi connectivity index (χ2n) is 6.77. The maximum absolute atomic E-state index is 11.5. The monoisotopic (exact) mass is 254 g/mol. The Morgan fingerprint density at radius 2 is 1.78 bits per heavy atom. The van der Waals surface area contributed by atoms with Crippen LogP contribution >= 0.6 is 0 Å². The van der Waals surface area contributed by atoms with Crippen LogP contribution in [0.3, 0.4) is 0 Å². The van der Waals surface area contributed by atoms with Crippen LogP contribution in [0.2, 0.25) is 0 Å². The molecule has 2 N–H and O–H groups in total. The average Bonchev–Trinajstić information content (AvgIpc) is 2.28. The van der Waals surface area contributed by atoms with Crippen LogP contribution in [0.4, 0.5) is 4.79 Å². The fourth-order valence-corrected chi connectivity index (χ4v) is 2.87. The molecule has 2 amide bonds. The van der Waals surface area contributed by atoms with Gasteiger partial charge >= 0.3 is 6.03 Å². The summed E-state index contributed by atoms with van der Waals surface area (Å²) in [6.45, 7) is 12.0. The Morgan fingerprint density at radius 1 is 1.22 bits per heavy atom. The summed E-state index contributed by atoms with van der Waals surface area (Å²) < 4.78 is 0. The van der Waals surface area contributed by atoms with Gasteiger partial charge in [-0.2, -0.15) is 0 Å². The van der Waals surface area contributed by atoms with Gasteiger partial charge < -0.3 is 10.6 Å². The molecule has 1 aliphatic rings. The van der Waals surface area contributed by atoms with E-state index in [-0.39, 0.29) is 6.03 Å². The third-order valence-corrected chi connectivity index (χ3v) is 4.52. The minimum Gasteiger partial charge on any atom is -0.338 e. The Hall–Kier alpha value is -0.730. The van der Waals surface area contributed by atoms with Crippen molar-refractivity contribution in [3.05, 3.63) is 0 Å². The summed E-state index contributed by atoms with van der Waals surface area (Å²) in [6.07, 6.45) is 4.75. The molecule has 18 heavy (non-hydrogen) atoms. The van der Waals surface area contributed by atoms with E-state index in [1.54, 1.807) is 0 Å². The molecule has 0 radical (unpaired) electrons. The zero-order valence-corrected chi connectivity index (χ0v) is 12.7. The summed E-state index contributed by atoms with van der Waals surface area (Å²) in [5.74, 6) is 1.57. The first-order valence-corrected chi connectivity index (χ1v) is 7.39. The Morgan fingerprint density at radius 3 is 2.22 bits per heavy atom. The summed E-state index contributed by atoms with van der Waals surface area (Å²) in [5, 5.41) is 5.87. The van der Waals surface area contributed by atoms with E-state index in [1.807, 2.05) is 6.92 Å². The van der Waals surface area contributed by atoms with Crippen molar-refractivity contribution < 1.29 is 4.79 Å². The molecule has 106 valence electrons. The molecule has 0 aromatic heterocycles. The predicted octanol–water partition coefficient (Wildman–Crippen LogP) is 3.55. The number of hydrogen-bond donors (Lipinski definition) is 2. The van der Waals surface area contributed by atoms with E-state index in [2.05, 4.69) is 38.3 Å². The fourth-order valence-electron chi connectivity index (χ4n) is 2.87. The molecule has 0 saturated heterocycles. The van der Waals surface area contributed by atoms with Gasteiger partial charge in [-0.05, 0) is 49.9 Å². The van der Waals surface area contributed by atoms with Crippen molar-refractivity contribution >= 4 is 6.03 Å². The van der Waals surface area contributed by atoms with Crippen molar-refractivity contribution in [2.24, 2.45) is 17.3 Å². The third-order valence-electron chi connectivity index (χ3n) is 4.52. The second kappa shape index (κ2) is 6.44. The van der Waals surface area contributed by atoms with Crippen molar-refractivity contribution in [3.8, 4) is 0 Å². The van der Waals surface area contributed by atoms with Crippen LogP contribution in [-0.2, 0) is 0 Å². The van der Waals surface area contributed by atoms with E-state index in [0.29, 0.717) is 18.0 Å². The predicted molar refractivity (Wildman–Crippen MR) is 76.6 cm³/mol. The largest absolute Gasteiger partial charge is 0.338 e. The molecule has 1 atom stereocenters. The van der Waals surface area contributed by atoms with Gasteiger partial charge in [0.05, 0.1) is 0 Å². The Bertz CT molecular complexity index is 262. The molecule has 0 heterocycles. The molecule has 0 aromatic carbocycles. The Labute approximate surface area is 112 Å². The first kappa shape index (κ1) is 15.3. The zero-order chi connectivity index (χ0) is 13.8. The lowest BCUT2D eigenvalue weighted by Gasteiger charge is -2.38. The van der Waals surface area contributed by atoms with Crippen molar-refractivity contribution in [3.63, 3.8) is 0 Å². The molecular formula is C15H30N2O. The molecule has 0 bridgehead atoms. The van der Waals surface area contributed by atoms with Gasteiger partial charge in [0.25, 0.3) is 0 Å². The van der Waals surface area contributed by atoms with Gasteiger partial charge in [0.2, 0.25) is 0 Å². The van der Waals surface area contributed by atoms with Crippen LogP contribution in [0, 0.1) is 17.3 Å². The minimum absolute atomic E-state index is 0.00943. The molecule has 1 unspecified atom stereocenters. The fraction of sp³-hybridized carbons (Fsp3) is 0.933. The van der Waals surface area contributed by atoms with Crippen LogP contribution in [0.1, 0.15) is 60.3 Å². The van der Waals surface area contributed by atoms with Gasteiger partial charge in [-0.3, -0.25) is 0 Å². The summed E-state index contributed by atoms with van der Waals surface area (Å²) >= 11 is 0. The zero-order valence-electron chi connectivity index (χ0n) is 12.7. The van der Waals surface area contributed by atoms with E-state index in [1.165, 1.54) is 12.8 Å². The molecular weight excluding hydrogens is 224 g/mol. The van der Waals surface area contributed by atoms with E-state index in [4.69, 9.17) is 0 Å². The Balaban J connectivity index is 2.35. The van der Waals surface area contributed by atoms with Crippen LogP contribution in [0.15, 0.2) is 0 Å². The van der Waals surface area contributed by atoms with E-state index < -0.39 is 0 Å². The van der Waals surface area contributed by atoms with E-state index in [0.717, 1.165) is 24.7 Å². The maximum atomic E-state index is 11.5. The first-order valence-electron chi connectivity index (χ1n) is 7.39. The van der Waals surface area contributed by atoms with Gasteiger partial charge in [0.1, 0.15) is 0 Å². The lowest BCUT2D eigenvalue weighted by Crippen LogP contribution is -2.44. The first-order chi connectivity index (χ1) is 8.34. The number of nitrogens with one attached hydrogen (secondary N) is 2. The van der Waals surface area contributed by atoms with Gasteiger partial charge in [-0.15, -0.1) is 0 Å². The molecule has 1 aliphatic carbocycles. The average molecular weight is 254 g/mol. The van der Waals surface area contributed by atoms with Gasteiger partial charge in [-0.1, -0.05) is 27.7 Å². The van der Waals surface area contributed by atoms with Crippen molar-refractivity contribution in [1.29, 1.82) is 0 Å². The molecule has 0 aliphatic heterocycles. The van der Waals surface area contributed by atoms with Gasteiger partial charge in [0, 0.05) is 12.6 Å². The molecule has 1 saturated carbocycles. The highest BCUT2D eigenvalue weighted by Gasteiger charge is 2.31. The molecule has 0 aromatic rings. The molecule has 0 spiro atoms. The van der Waals surface area contributed by atoms with Gasteiger partial charge in [0.15, 0.2) is 0 Å². The normalized spacial score (nSPS) is 26.5. The smallest absolute Gasteiger partial charge is 0.314 e. The highest BCUT2D eigenvalue weighted by Crippen LogP contribution is 2.39. The SMILES string of the molecule is CCNC(=O)N[C@H]1CC[C@@H](C(C)C(C)(C)C)CC1. The quantitative estimate of drug-likeness (QED) is 0.794. The van der Waals surface area contributed by atoms with Crippen LogP contribution < -0.4 is 10.6 Å². The number of carbonyl (C=O) groups is 1. The second-order valence-corrected chi connectivity index (χ2v) is 6.77. The number of rotatable bonds is 3. The van der Waals surface area contributed by atoms with Crippen LogP contribution in [0.25, 0.3) is 0 Å². The van der Waals surface area contributed by atoms with Crippen LogP contribution in [0.5, 0.6) is 0 Å². The lowest BCUT2D eigenvalue weighted by atomic mass is 9.69. The summed E-state index contributed by atoms with van der Waals surface area (Å²) in [7, 11) is 0.